The number of nitrogens with one attached hydrogen (secondary N) is 4. The highest BCUT2D eigenvalue weighted by Crippen LogP contribution is 2.37. The number of carbonyl (C=O) groups is 5. The van der Waals surface area contributed by atoms with E-state index in [1.165, 1.54) is 13.0 Å². The van der Waals surface area contributed by atoms with Gasteiger partial charge in [-0.15, -0.1) is 0 Å². The lowest BCUT2D eigenvalue weighted by Gasteiger charge is -2.33. The molecule has 0 bridgehead atoms. The van der Waals surface area contributed by atoms with E-state index in [2.05, 4.69) is 46.6 Å². The van der Waals surface area contributed by atoms with E-state index in [0.29, 0.717) is 31.6 Å². The van der Waals surface area contributed by atoms with Crippen LogP contribution >= 0.6 is 0 Å². The average Bonchev–Trinajstić information content (AvgIpc) is 3.70. The van der Waals surface area contributed by atoms with E-state index in [1.54, 1.807) is 13.8 Å². The standard InChI is InChI=1S/C39H48F2N6O5.C2H6O2/c1-24(2)35(45-32(48)23-47-33(49)15-16-34(47)50)38(52)44-25(3)37(51)43-18-10-17-42-36(39(4,5)6)31-19-27(29-20-28(40)13-14-30(29)41)22-46(31)21-26-11-8-7-9-12-26;3-1-2-4/h7-9,11-16,19-20,22,24-25,35-36,42H,10,17-18,21,23H2,1-6H3,(H,43,51)(H,44,52)(H,45,48);3-4H,1-2H2/t25-,35-,36-;/m0./s1. The summed E-state index contributed by atoms with van der Waals surface area (Å²) in [6.07, 6.45) is 4.54. The van der Waals surface area contributed by atoms with Crippen molar-refractivity contribution in [1.82, 2.24) is 30.7 Å². The second kappa shape index (κ2) is 21.2. The molecule has 304 valence electrons. The first-order valence-corrected chi connectivity index (χ1v) is 18.5. The molecule has 3 aromatic rings. The van der Waals surface area contributed by atoms with E-state index >= 15 is 0 Å². The number of carbonyl (C=O) groups excluding carboxylic acids is 5. The Hall–Kier alpha value is -5.25. The summed E-state index contributed by atoms with van der Waals surface area (Å²) in [7, 11) is 0. The van der Waals surface area contributed by atoms with Crippen LogP contribution in [0.15, 0.2) is 72.9 Å². The number of nitrogens with zero attached hydrogens (tertiary/aromatic N) is 2. The van der Waals surface area contributed by atoms with Crippen LogP contribution in [0.1, 0.15) is 65.3 Å². The van der Waals surface area contributed by atoms with E-state index in [1.807, 2.05) is 42.6 Å². The van der Waals surface area contributed by atoms with Crippen molar-refractivity contribution >= 4 is 29.5 Å². The molecule has 0 saturated heterocycles. The zero-order valence-corrected chi connectivity index (χ0v) is 32.8. The number of benzene rings is 2. The van der Waals surface area contributed by atoms with Crippen LogP contribution in [0.5, 0.6) is 0 Å². The monoisotopic (exact) mass is 780 g/mol. The van der Waals surface area contributed by atoms with Crippen LogP contribution in [0.25, 0.3) is 11.1 Å². The molecule has 3 atom stereocenters. The molecular weight excluding hydrogens is 726 g/mol. The van der Waals surface area contributed by atoms with Gasteiger partial charge in [0.2, 0.25) is 17.7 Å². The van der Waals surface area contributed by atoms with Gasteiger partial charge in [-0.05, 0) is 61.1 Å². The van der Waals surface area contributed by atoms with Crippen LogP contribution < -0.4 is 21.3 Å². The molecule has 0 spiro atoms. The first kappa shape index (κ1) is 45.1. The summed E-state index contributed by atoms with van der Waals surface area (Å²) < 4.78 is 31.1. The Bertz CT molecular complexity index is 1820. The molecule has 0 fully saturated rings. The smallest absolute Gasteiger partial charge is 0.254 e. The van der Waals surface area contributed by atoms with E-state index in [4.69, 9.17) is 10.2 Å². The zero-order chi connectivity index (χ0) is 41.6. The van der Waals surface area contributed by atoms with Crippen molar-refractivity contribution in [2.45, 2.75) is 72.6 Å². The molecule has 1 aliphatic heterocycles. The SMILES string of the molecule is CC(C)[C@H](NC(=O)CN1C(=O)C=CC1=O)C(=O)N[C@@H](C)C(=O)NCCCN[C@@H](c1cc(-c2cc(F)ccc2F)cn1Cc1ccccc1)C(C)(C)C.OCCO. The number of aliphatic hydroxyl groups is 2. The molecule has 1 aromatic heterocycles. The van der Waals surface area contributed by atoms with E-state index < -0.39 is 59.8 Å². The summed E-state index contributed by atoms with van der Waals surface area (Å²) in [4.78, 5) is 62.8. The third-order valence-electron chi connectivity index (χ3n) is 8.85. The number of aliphatic hydroxyl groups excluding tert-OH is 2. The summed E-state index contributed by atoms with van der Waals surface area (Å²) in [5, 5.41) is 26.9. The number of imide groups is 1. The van der Waals surface area contributed by atoms with Crippen molar-refractivity contribution in [2.75, 3.05) is 32.8 Å². The zero-order valence-electron chi connectivity index (χ0n) is 32.8. The number of aromatic nitrogens is 1. The molecular formula is C41H54F2N6O7. The number of halogens is 2. The van der Waals surface area contributed by atoms with Gasteiger partial charge in [0, 0.05) is 48.3 Å². The van der Waals surface area contributed by atoms with Gasteiger partial charge in [-0.3, -0.25) is 28.9 Å². The Morgan fingerprint density at radius 3 is 2.07 bits per heavy atom. The van der Waals surface area contributed by atoms with E-state index in [0.717, 1.165) is 40.4 Å². The number of hydrogen-bond donors (Lipinski definition) is 6. The summed E-state index contributed by atoms with van der Waals surface area (Å²) in [5.74, 6) is -4.26. The van der Waals surface area contributed by atoms with Gasteiger partial charge in [-0.2, -0.15) is 0 Å². The fraction of sp³-hybridized carbons (Fsp3) is 0.439. The highest BCUT2D eigenvalue weighted by atomic mass is 19.1. The summed E-state index contributed by atoms with van der Waals surface area (Å²) in [5.41, 5.74) is 2.41. The molecule has 0 unspecified atom stereocenters. The van der Waals surface area contributed by atoms with Gasteiger partial charge in [0.25, 0.3) is 11.8 Å². The maximum Gasteiger partial charge on any atom is 0.254 e. The van der Waals surface area contributed by atoms with Crippen molar-refractivity contribution in [1.29, 1.82) is 0 Å². The Balaban J connectivity index is 0.00000200. The molecule has 13 nitrogen and oxygen atoms in total. The Morgan fingerprint density at radius 1 is 0.839 bits per heavy atom. The molecule has 0 radical (unpaired) electrons. The van der Waals surface area contributed by atoms with Crippen LogP contribution in [0.4, 0.5) is 8.78 Å². The van der Waals surface area contributed by atoms with Crippen molar-refractivity contribution < 1.29 is 43.0 Å². The minimum absolute atomic E-state index is 0.125. The van der Waals surface area contributed by atoms with Crippen LogP contribution in [0, 0.1) is 23.0 Å². The van der Waals surface area contributed by atoms with Crippen LogP contribution in [0.2, 0.25) is 0 Å². The lowest BCUT2D eigenvalue weighted by Crippen LogP contribution is -2.56. The lowest BCUT2D eigenvalue weighted by molar-refractivity contribution is -0.141. The lowest BCUT2D eigenvalue weighted by atomic mass is 9.84. The molecule has 0 saturated carbocycles. The highest BCUT2D eigenvalue weighted by molar-refractivity contribution is 6.14. The highest BCUT2D eigenvalue weighted by Gasteiger charge is 2.31. The van der Waals surface area contributed by atoms with Crippen LogP contribution in [-0.4, -0.2) is 94.1 Å². The molecule has 56 heavy (non-hydrogen) atoms. The maximum atomic E-state index is 14.9. The second-order valence-electron chi connectivity index (χ2n) is 14.9. The topological polar surface area (TPSA) is 182 Å². The van der Waals surface area contributed by atoms with Gasteiger partial charge in [-0.1, -0.05) is 65.0 Å². The third kappa shape index (κ3) is 13.2. The van der Waals surface area contributed by atoms with Gasteiger partial charge in [0.15, 0.2) is 0 Å². The summed E-state index contributed by atoms with van der Waals surface area (Å²) in [6.45, 7) is 11.8. The maximum absolute atomic E-state index is 14.9. The fourth-order valence-electron chi connectivity index (χ4n) is 5.96. The largest absolute Gasteiger partial charge is 0.394 e. The second-order valence-corrected chi connectivity index (χ2v) is 14.9. The predicted octanol–water partition coefficient (Wildman–Crippen LogP) is 3.21. The quantitative estimate of drug-likeness (QED) is 0.0893. The first-order chi connectivity index (χ1) is 26.5. The average molecular weight is 781 g/mol. The summed E-state index contributed by atoms with van der Waals surface area (Å²) in [6, 6.07) is 13.1. The van der Waals surface area contributed by atoms with Crippen LogP contribution in [0.3, 0.4) is 0 Å². The van der Waals surface area contributed by atoms with Crippen LogP contribution in [-0.2, 0) is 30.5 Å². The molecule has 4 rings (SSSR count). The van der Waals surface area contributed by atoms with Gasteiger partial charge < -0.3 is 36.0 Å². The molecule has 2 aromatic carbocycles. The van der Waals surface area contributed by atoms with E-state index in [9.17, 15) is 32.8 Å². The molecule has 5 amide bonds. The van der Waals surface area contributed by atoms with E-state index in [-0.39, 0.29) is 36.2 Å². The number of rotatable bonds is 17. The Labute approximate surface area is 326 Å². The van der Waals surface area contributed by atoms with Crippen molar-refractivity contribution in [3.63, 3.8) is 0 Å². The molecule has 2 heterocycles. The van der Waals surface area contributed by atoms with Gasteiger partial charge >= 0.3 is 0 Å². The van der Waals surface area contributed by atoms with Gasteiger partial charge in [0.1, 0.15) is 30.3 Å². The molecule has 15 heteroatoms. The summed E-state index contributed by atoms with van der Waals surface area (Å²) >= 11 is 0. The number of amides is 5. The first-order valence-electron chi connectivity index (χ1n) is 18.5. The Kier molecular flexibility index (Phi) is 17.1. The minimum atomic E-state index is -0.999. The predicted molar refractivity (Wildman–Crippen MR) is 208 cm³/mol. The van der Waals surface area contributed by atoms with Crippen molar-refractivity contribution in [3.05, 3.63) is 95.8 Å². The molecule has 6 N–H and O–H groups in total. The fourth-order valence-corrected chi connectivity index (χ4v) is 5.96. The molecule has 0 aliphatic carbocycles. The van der Waals surface area contributed by atoms with Crippen molar-refractivity contribution in [2.24, 2.45) is 11.3 Å². The number of hydrogen-bond acceptors (Lipinski definition) is 8. The Morgan fingerprint density at radius 2 is 1.48 bits per heavy atom. The van der Waals surface area contributed by atoms with Gasteiger partial charge in [-0.25, -0.2) is 8.78 Å². The van der Waals surface area contributed by atoms with Crippen molar-refractivity contribution in [3.8, 4) is 11.1 Å². The van der Waals surface area contributed by atoms with Gasteiger partial charge in [0.05, 0.1) is 19.3 Å². The molecule has 1 aliphatic rings. The third-order valence-corrected chi connectivity index (χ3v) is 8.85. The minimum Gasteiger partial charge on any atom is -0.394 e. The normalized spacial score (nSPS) is 14.2.